The Kier molecular flexibility index (Phi) is 4.25. The van der Waals surface area contributed by atoms with Crippen LogP contribution < -0.4 is 15.2 Å². The third-order valence-electron chi connectivity index (χ3n) is 5.04. The Hall–Kier alpha value is -2.28. The van der Waals surface area contributed by atoms with Gasteiger partial charge in [0.25, 0.3) is 0 Å². The lowest BCUT2D eigenvalue weighted by molar-refractivity contribution is 0.202. The van der Waals surface area contributed by atoms with Gasteiger partial charge in [-0.2, -0.15) is 5.10 Å². The highest BCUT2D eigenvalue weighted by atomic mass is 16.5. The summed E-state index contributed by atoms with van der Waals surface area (Å²) in [6.45, 7) is 3.61. The summed E-state index contributed by atoms with van der Waals surface area (Å²) in [5, 5.41) is 4.57. The van der Waals surface area contributed by atoms with E-state index in [1.807, 2.05) is 22.8 Å². The van der Waals surface area contributed by atoms with Gasteiger partial charge in [-0.05, 0) is 30.9 Å². The first kappa shape index (κ1) is 16.2. The van der Waals surface area contributed by atoms with E-state index in [1.54, 1.807) is 18.9 Å². The number of methoxy groups -OCH3 is 2. The zero-order valence-electron chi connectivity index (χ0n) is 14.8. The van der Waals surface area contributed by atoms with Crippen LogP contribution in [0.4, 0.5) is 0 Å². The second kappa shape index (κ2) is 6.55. The largest absolute Gasteiger partial charge is 0.496 e. The molecule has 1 fully saturated rings. The van der Waals surface area contributed by atoms with Gasteiger partial charge < -0.3 is 9.47 Å². The van der Waals surface area contributed by atoms with Gasteiger partial charge in [0, 0.05) is 26.2 Å². The fourth-order valence-electron chi connectivity index (χ4n) is 3.45. The first-order valence-corrected chi connectivity index (χ1v) is 8.78. The molecule has 134 valence electrons. The van der Waals surface area contributed by atoms with Gasteiger partial charge >= 0.3 is 5.69 Å². The molecule has 25 heavy (non-hydrogen) atoms. The lowest BCUT2D eigenvalue weighted by Crippen LogP contribution is -2.37. The number of benzene rings is 1. The van der Waals surface area contributed by atoms with Crippen LogP contribution in [0.2, 0.25) is 0 Å². The van der Waals surface area contributed by atoms with Crippen LogP contribution in [0.3, 0.4) is 0 Å². The van der Waals surface area contributed by atoms with Crippen LogP contribution in [0.5, 0.6) is 11.5 Å². The summed E-state index contributed by atoms with van der Waals surface area (Å²) < 4.78 is 14.5. The van der Waals surface area contributed by atoms with Crippen molar-refractivity contribution in [3.8, 4) is 11.5 Å². The lowest BCUT2D eigenvalue weighted by Gasteiger charge is -2.27. The van der Waals surface area contributed by atoms with E-state index in [2.05, 4.69) is 10.00 Å². The van der Waals surface area contributed by atoms with Gasteiger partial charge in [-0.25, -0.2) is 9.48 Å². The number of rotatable bonds is 6. The van der Waals surface area contributed by atoms with E-state index in [9.17, 15) is 4.79 Å². The molecule has 2 aliphatic rings. The van der Waals surface area contributed by atoms with Gasteiger partial charge in [-0.3, -0.25) is 9.47 Å². The van der Waals surface area contributed by atoms with Crippen LogP contribution in [0.15, 0.2) is 23.0 Å². The average molecular weight is 344 g/mol. The van der Waals surface area contributed by atoms with Crippen LogP contribution in [0.1, 0.15) is 24.2 Å². The second-order valence-electron chi connectivity index (χ2n) is 6.83. The topological polar surface area (TPSA) is 61.5 Å². The predicted octanol–water partition coefficient (Wildman–Crippen LogP) is 1.49. The molecular weight excluding hydrogens is 320 g/mol. The number of nitrogens with zero attached hydrogens (tertiary/aromatic N) is 4. The Morgan fingerprint density at radius 2 is 1.88 bits per heavy atom. The molecule has 2 aromatic rings. The quantitative estimate of drug-likeness (QED) is 0.794. The number of hydrogen-bond donors (Lipinski definition) is 0. The molecule has 7 nitrogen and oxygen atoms in total. The molecule has 1 aromatic heterocycles. The highest BCUT2D eigenvalue weighted by Crippen LogP contribution is 2.31. The minimum absolute atomic E-state index is 0.0384. The van der Waals surface area contributed by atoms with Crippen LogP contribution in [0.25, 0.3) is 0 Å². The molecule has 1 aliphatic heterocycles. The van der Waals surface area contributed by atoms with Gasteiger partial charge in [0.2, 0.25) is 0 Å². The van der Waals surface area contributed by atoms with Crippen molar-refractivity contribution in [2.24, 2.45) is 5.92 Å². The maximum Gasteiger partial charge on any atom is 0.346 e. The summed E-state index contributed by atoms with van der Waals surface area (Å²) in [6, 6.07) is 5.82. The highest BCUT2D eigenvalue weighted by Gasteiger charge is 2.27. The number of ether oxygens (including phenoxy) is 2. The van der Waals surface area contributed by atoms with Crippen LogP contribution in [-0.4, -0.2) is 40.0 Å². The lowest BCUT2D eigenvalue weighted by atomic mass is 10.1. The summed E-state index contributed by atoms with van der Waals surface area (Å²) in [5.41, 5.74) is 1.07. The smallest absolute Gasteiger partial charge is 0.346 e. The highest BCUT2D eigenvalue weighted by molar-refractivity contribution is 5.44. The van der Waals surface area contributed by atoms with E-state index >= 15 is 0 Å². The number of hydrogen-bond acceptors (Lipinski definition) is 5. The molecule has 0 N–H and O–H groups in total. The number of fused-ring (bicyclic) bond motifs is 1. The zero-order valence-corrected chi connectivity index (χ0v) is 14.8. The minimum Gasteiger partial charge on any atom is -0.496 e. The molecule has 0 spiro atoms. The molecular formula is C18H24N4O3. The van der Waals surface area contributed by atoms with Crippen molar-refractivity contribution in [3.05, 3.63) is 40.1 Å². The normalized spacial score (nSPS) is 17.4. The Labute approximate surface area is 146 Å². The molecule has 7 heteroatoms. The first-order valence-electron chi connectivity index (χ1n) is 8.78. The third kappa shape index (κ3) is 3.16. The van der Waals surface area contributed by atoms with Crippen LogP contribution in [0, 0.1) is 5.92 Å². The maximum atomic E-state index is 12.4. The first-order chi connectivity index (χ1) is 12.2. The van der Waals surface area contributed by atoms with Gasteiger partial charge in [0.05, 0.1) is 26.3 Å². The van der Waals surface area contributed by atoms with E-state index in [1.165, 1.54) is 12.8 Å². The van der Waals surface area contributed by atoms with E-state index in [0.29, 0.717) is 25.6 Å². The van der Waals surface area contributed by atoms with E-state index in [-0.39, 0.29) is 5.69 Å². The van der Waals surface area contributed by atoms with Gasteiger partial charge in [0.15, 0.2) is 0 Å². The minimum atomic E-state index is 0.0384. The van der Waals surface area contributed by atoms with Crippen LogP contribution in [-0.2, 0) is 26.2 Å². The molecule has 1 aliphatic carbocycles. The van der Waals surface area contributed by atoms with Crippen LogP contribution >= 0.6 is 0 Å². The molecule has 0 unspecified atom stereocenters. The summed E-state index contributed by atoms with van der Waals surface area (Å²) in [7, 11) is 3.34. The molecule has 1 saturated carbocycles. The van der Waals surface area contributed by atoms with Crippen molar-refractivity contribution in [2.45, 2.75) is 39.0 Å². The van der Waals surface area contributed by atoms with E-state index < -0.39 is 0 Å². The third-order valence-corrected chi connectivity index (χ3v) is 5.04. The molecule has 0 saturated heterocycles. The molecule has 0 radical (unpaired) electrons. The van der Waals surface area contributed by atoms with Crippen molar-refractivity contribution in [3.63, 3.8) is 0 Å². The summed E-state index contributed by atoms with van der Waals surface area (Å²) in [5.74, 6) is 3.14. The molecule has 0 atom stereocenters. The second-order valence-corrected chi connectivity index (χ2v) is 6.83. The van der Waals surface area contributed by atoms with Crippen molar-refractivity contribution >= 4 is 0 Å². The Morgan fingerprint density at radius 3 is 2.52 bits per heavy atom. The molecule has 4 rings (SSSR count). The van der Waals surface area contributed by atoms with Gasteiger partial charge in [-0.15, -0.1) is 0 Å². The Balaban J connectivity index is 1.54. The monoisotopic (exact) mass is 344 g/mol. The Morgan fingerprint density at radius 1 is 1.16 bits per heavy atom. The van der Waals surface area contributed by atoms with Gasteiger partial charge in [-0.1, -0.05) is 6.07 Å². The SMILES string of the molecule is COc1cccc(OC)c1CN1CCn2c(nn(CC3CC3)c2=O)C1. The predicted molar refractivity (Wildman–Crippen MR) is 92.9 cm³/mol. The fourth-order valence-corrected chi connectivity index (χ4v) is 3.45. The molecule has 2 heterocycles. The van der Waals surface area contributed by atoms with E-state index in [0.717, 1.165) is 36.0 Å². The summed E-state index contributed by atoms with van der Waals surface area (Å²) in [6.07, 6.45) is 2.43. The number of aromatic nitrogens is 3. The summed E-state index contributed by atoms with van der Waals surface area (Å²) in [4.78, 5) is 14.7. The van der Waals surface area contributed by atoms with Gasteiger partial charge in [0.1, 0.15) is 17.3 Å². The fraction of sp³-hybridized carbons (Fsp3) is 0.556. The molecule has 1 aromatic carbocycles. The van der Waals surface area contributed by atoms with Crippen molar-refractivity contribution < 1.29 is 9.47 Å². The summed E-state index contributed by atoms with van der Waals surface area (Å²) >= 11 is 0. The Bertz CT molecular complexity index is 800. The maximum absolute atomic E-state index is 12.4. The van der Waals surface area contributed by atoms with Crippen molar-refractivity contribution in [1.82, 2.24) is 19.2 Å². The van der Waals surface area contributed by atoms with E-state index in [4.69, 9.17) is 9.47 Å². The standard InChI is InChI=1S/C18H24N4O3/c1-24-15-4-3-5-16(25-2)14(15)11-20-8-9-21-17(12-20)19-22(18(21)23)10-13-6-7-13/h3-5,13H,6-12H2,1-2H3. The molecule has 0 amide bonds. The van der Waals surface area contributed by atoms with Crippen molar-refractivity contribution in [2.75, 3.05) is 20.8 Å². The zero-order chi connectivity index (χ0) is 17.4. The van der Waals surface area contributed by atoms with Crippen molar-refractivity contribution in [1.29, 1.82) is 0 Å². The molecule has 0 bridgehead atoms. The average Bonchev–Trinajstić information content (AvgIpc) is 3.39.